The predicted octanol–water partition coefficient (Wildman–Crippen LogP) is 1.33. The first kappa shape index (κ1) is 13.0. The molecule has 1 fully saturated rings. The fourth-order valence-corrected chi connectivity index (χ4v) is 2.24. The van der Waals surface area contributed by atoms with Gasteiger partial charge in [0, 0.05) is 20.1 Å². The average molecular weight is 273 g/mol. The highest BCUT2D eigenvalue weighted by molar-refractivity contribution is 6.28. The second-order valence-electron chi connectivity index (χ2n) is 4.75. The smallest absolute Gasteiger partial charge is 0.247 e. The van der Waals surface area contributed by atoms with E-state index in [0.717, 1.165) is 6.20 Å². The topological polar surface area (TPSA) is 49.3 Å². The molecule has 0 bridgehead atoms. The van der Waals surface area contributed by atoms with Crippen molar-refractivity contribution >= 4 is 23.3 Å². The van der Waals surface area contributed by atoms with Gasteiger partial charge in [-0.2, -0.15) is 4.98 Å². The molecule has 0 aliphatic carbocycles. The number of anilines is 1. The molecule has 2 heterocycles. The van der Waals surface area contributed by atoms with Gasteiger partial charge in [0.2, 0.25) is 11.2 Å². The third-order valence-electron chi connectivity index (χ3n) is 3.16. The Morgan fingerprint density at radius 2 is 2.11 bits per heavy atom. The Balaban J connectivity index is 2.44. The van der Waals surface area contributed by atoms with E-state index < -0.39 is 11.4 Å². The van der Waals surface area contributed by atoms with Crippen molar-refractivity contribution in [3.8, 4) is 0 Å². The van der Waals surface area contributed by atoms with Crippen molar-refractivity contribution in [2.45, 2.75) is 19.4 Å². The third-order valence-corrected chi connectivity index (χ3v) is 3.34. The van der Waals surface area contributed by atoms with Crippen molar-refractivity contribution in [2.75, 3.05) is 25.0 Å². The van der Waals surface area contributed by atoms with Crippen molar-refractivity contribution in [1.29, 1.82) is 0 Å². The molecule has 1 saturated heterocycles. The normalized spacial score (nSPS) is 19.3. The molecular formula is C11H14ClFN4O. The molecule has 1 aromatic rings. The Morgan fingerprint density at radius 3 is 2.78 bits per heavy atom. The van der Waals surface area contributed by atoms with Crippen LogP contribution in [0.25, 0.3) is 0 Å². The molecule has 0 saturated carbocycles. The van der Waals surface area contributed by atoms with Crippen LogP contribution in [-0.2, 0) is 4.79 Å². The highest BCUT2D eigenvalue weighted by Crippen LogP contribution is 2.29. The summed E-state index contributed by atoms with van der Waals surface area (Å²) in [5, 5.41) is -0.0337. The van der Waals surface area contributed by atoms with Crippen molar-refractivity contribution in [3.63, 3.8) is 0 Å². The lowest BCUT2D eigenvalue weighted by molar-refractivity contribution is -0.136. The monoisotopic (exact) mass is 272 g/mol. The van der Waals surface area contributed by atoms with Crippen LogP contribution in [0.4, 0.5) is 10.2 Å². The summed E-state index contributed by atoms with van der Waals surface area (Å²) in [4.78, 5) is 22.8. The van der Waals surface area contributed by atoms with Crippen molar-refractivity contribution in [2.24, 2.45) is 0 Å². The maximum atomic E-state index is 13.8. The molecule has 0 radical (unpaired) electrons. The second-order valence-corrected chi connectivity index (χ2v) is 5.09. The van der Waals surface area contributed by atoms with E-state index in [1.165, 1.54) is 0 Å². The summed E-state index contributed by atoms with van der Waals surface area (Å²) >= 11 is 5.68. The molecule has 1 amide bonds. The first-order chi connectivity index (χ1) is 8.34. The summed E-state index contributed by atoms with van der Waals surface area (Å²) in [6.07, 6.45) is 1.02. The van der Waals surface area contributed by atoms with Crippen LogP contribution in [0.2, 0.25) is 5.28 Å². The highest BCUT2D eigenvalue weighted by Gasteiger charge is 2.42. The van der Waals surface area contributed by atoms with E-state index in [1.54, 1.807) is 30.7 Å². The quantitative estimate of drug-likeness (QED) is 0.724. The van der Waals surface area contributed by atoms with Gasteiger partial charge in [-0.15, -0.1) is 0 Å². The minimum atomic E-state index is -0.856. The number of carbonyl (C=O) groups is 1. The van der Waals surface area contributed by atoms with Gasteiger partial charge in [0.25, 0.3) is 0 Å². The van der Waals surface area contributed by atoms with Gasteiger partial charge in [0.1, 0.15) is 5.54 Å². The van der Waals surface area contributed by atoms with Crippen LogP contribution in [0.5, 0.6) is 0 Å². The molecule has 2 rings (SSSR count). The van der Waals surface area contributed by atoms with E-state index in [9.17, 15) is 9.18 Å². The molecule has 0 spiro atoms. The van der Waals surface area contributed by atoms with Gasteiger partial charge in [-0.25, -0.2) is 9.37 Å². The Bertz CT molecular complexity index is 494. The first-order valence-electron chi connectivity index (χ1n) is 5.55. The number of likely N-dealkylation sites (N-methyl/N-ethyl adjacent to an activating group) is 1. The molecule has 5 nitrogen and oxygen atoms in total. The zero-order valence-corrected chi connectivity index (χ0v) is 11.2. The molecule has 7 heteroatoms. The number of hydrogen-bond donors (Lipinski definition) is 0. The lowest BCUT2D eigenvalue weighted by Gasteiger charge is -2.45. The Kier molecular flexibility index (Phi) is 3.14. The summed E-state index contributed by atoms with van der Waals surface area (Å²) < 4.78 is 13.8. The summed E-state index contributed by atoms with van der Waals surface area (Å²) in [5.41, 5.74) is -0.856. The number of hydrogen-bond acceptors (Lipinski definition) is 4. The number of aromatic nitrogens is 2. The number of nitrogens with zero attached hydrogens (tertiary/aromatic N) is 4. The molecule has 1 aliphatic rings. The van der Waals surface area contributed by atoms with E-state index >= 15 is 0 Å². The van der Waals surface area contributed by atoms with Gasteiger partial charge in [-0.05, 0) is 25.4 Å². The molecule has 0 unspecified atom stereocenters. The van der Waals surface area contributed by atoms with Gasteiger partial charge >= 0.3 is 0 Å². The van der Waals surface area contributed by atoms with E-state index in [4.69, 9.17) is 11.6 Å². The number of carbonyl (C=O) groups excluding carboxylic acids is 1. The van der Waals surface area contributed by atoms with Gasteiger partial charge in [-0.1, -0.05) is 0 Å². The van der Waals surface area contributed by atoms with Crippen LogP contribution in [0, 0.1) is 5.82 Å². The Morgan fingerprint density at radius 1 is 1.44 bits per heavy atom. The molecule has 18 heavy (non-hydrogen) atoms. The fourth-order valence-electron chi connectivity index (χ4n) is 2.11. The predicted molar refractivity (Wildman–Crippen MR) is 66.1 cm³/mol. The standard InChI is InChI=1S/C11H14ClFN4O/c1-11(2)9(18)16(3)4-5-17(11)8-7(13)6-14-10(12)15-8/h6H,4-5H2,1-3H3. The maximum Gasteiger partial charge on any atom is 0.247 e. The largest absolute Gasteiger partial charge is 0.342 e. The van der Waals surface area contributed by atoms with Crippen LogP contribution in [0.3, 0.4) is 0 Å². The highest BCUT2D eigenvalue weighted by atomic mass is 35.5. The van der Waals surface area contributed by atoms with Crippen molar-refractivity contribution in [3.05, 3.63) is 17.3 Å². The second kappa shape index (κ2) is 4.35. The van der Waals surface area contributed by atoms with Crippen LogP contribution < -0.4 is 4.90 Å². The lowest BCUT2D eigenvalue weighted by atomic mass is 9.98. The van der Waals surface area contributed by atoms with E-state index in [0.29, 0.717) is 13.1 Å². The summed E-state index contributed by atoms with van der Waals surface area (Å²) in [6.45, 7) is 4.49. The van der Waals surface area contributed by atoms with Crippen molar-refractivity contribution < 1.29 is 9.18 Å². The van der Waals surface area contributed by atoms with E-state index in [-0.39, 0.29) is 17.0 Å². The summed E-state index contributed by atoms with van der Waals surface area (Å²) in [7, 11) is 1.73. The van der Waals surface area contributed by atoms with Gasteiger partial charge in [-0.3, -0.25) is 4.79 Å². The van der Waals surface area contributed by atoms with E-state index in [2.05, 4.69) is 9.97 Å². The van der Waals surface area contributed by atoms with E-state index in [1.807, 2.05) is 0 Å². The zero-order valence-electron chi connectivity index (χ0n) is 10.4. The molecular weight excluding hydrogens is 259 g/mol. The van der Waals surface area contributed by atoms with Gasteiger partial charge < -0.3 is 9.80 Å². The molecule has 0 aromatic carbocycles. The number of amides is 1. The number of halogens is 2. The minimum absolute atomic E-state index is 0.0337. The molecule has 98 valence electrons. The first-order valence-corrected chi connectivity index (χ1v) is 5.93. The average Bonchev–Trinajstić information content (AvgIpc) is 2.30. The Hall–Kier alpha value is -1.43. The zero-order chi connectivity index (χ0) is 13.5. The number of rotatable bonds is 1. The third kappa shape index (κ3) is 2.01. The van der Waals surface area contributed by atoms with Gasteiger partial charge in [0.15, 0.2) is 11.6 Å². The van der Waals surface area contributed by atoms with Gasteiger partial charge in [0.05, 0.1) is 6.20 Å². The molecule has 0 atom stereocenters. The fraction of sp³-hybridized carbons (Fsp3) is 0.545. The number of piperazine rings is 1. The van der Waals surface area contributed by atoms with Crippen LogP contribution in [-0.4, -0.2) is 46.5 Å². The van der Waals surface area contributed by atoms with Crippen LogP contribution >= 0.6 is 11.6 Å². The summed E-state index contributed by atoms with van der Waals surface area (Å²) in [5.74, 6) is -0.589. The maximum absolute atomic E-state index is 13.8. The molecule has 1 aromatic heterocycles. The van der Waals surface area contributed by atoms with Crippen molar-refractivity contribution in [1.82, 2.24) is 14.9 Å². The lowest BCUT2D eigenvalue weighted by Crippen LogP contribution is -2.62. The SMILES string of the molecule is CN1CCN(c2nc(Cl)ncc2F)C(C)(C)C1=O. The molecule has 0 N–H and O–H groups in total. The summed E-state index contributed by atoms with van der Waals surface area (Å²) in [6, 6.07) is 0. The van der Waals surface area contributed by atoms with Crippen LogP contribution in [0.1, 0.15) is 13.8 Å². The van der Waals surface area contributed by atoms with Crippen LogP contribution in [0.15, 0.2) is 6.20 Å². The Labute approximate surface area is 110 Å². The minimum Gasteiger partial charge on any atom is -0.342 e. The molecule has 1 aliphatic heterocycles.